The Bertz CT molecular complexity index is 463. The van der Waals surface area contributed by atoms with Crippen LogP contribution in [0.5, 0.6) is 0 Å². The topological polar surface area (TPSA) is 92.5 Å². The molecule has 0 aromatic heterocycles. The van der Waals surface area contributed by atoms with Crippen LogP contribution in [-0.4, -0.2) is 50.7 Å². The van der Waals surface area contributed by atoms with Crippen LogP contribution in [0.2, 0.25) is 0 Å². The van der Waals surface area contributed by atoms with E-state index in [1.165, 1.54) is 0 Å². The monoisotopic (exact) mass is 339 g/mol. The molecule has 2 fully saturated rings. The second-order valence-electron chi connectivity index (χ2n) is 6.24. The van der Waals surface area contributed by atoms with Crippen LogP contribution in [0.4, 0.5) is 0 Å². The number of nitrogens with one attached hydrogen (secondary N) is 1. The molecule has 124 valence electrons. The summed E-state index contributed by atoms with van der Waals surface area (Å²) in [5.74, 6) is 0.242. The first-order valence-electron chi connectivity index (χ1n) is 7.33. The highest BCUT2D eigenvalue weighted by Gasteiger charge is 2.40. The first-order valence-corrected chi connectivity index (χ1v) is 9.22. The Morgan fingerprint density at radius 2 is 1.95 bits per heavy atom. The third-order valence-corrected chi connectivity index (χ3v) is 5.05. The zero-order chi connectivity index (χ0) is 14.8. The Morgan fingerprint density at radius 1 is 1.33 bits per heavy atom. The first kappa shape index (κ1) is 18.7. The molecule has 1 saturated carbocycles. The van der Waals surface area contributed by atoms with Crippen LogP contribution < -0.4 is 10.5 Å². The summed E-state index contributed by atoms with van der Waals surface area (Å²) in [6, 6.07) is 0. The number of nitrogens with zero attached hydrogens (tertiary/aromatic N) is 1. The van der Waals surface area contributed by atoms with E-state index in [0.29, 0.717) is 13.1 Å². The van der Waals surface area contributed by atoms with Crippen molar-refractivity contribution >= 4 is 28.3 Å². The molecule has 0 bridgehead atoms. The van der Waals surface area contributed by atoms with E-state index in [1.54, 1.807) is 0 Å². The van der Waals surface area contributed by atoms with Gasteiger partial charge in [0.15, 0.2) is 0 Å². The van der Waals surface area contributed by atoms with Gasteiger partial charge in [0.1, 0.15) is 0 Å². The normalized spacial score (nSPS) is 25.4. The lowest BCUT2D eigenvalue weighted by atomic mass is 9.93. The summed E-state index contributed by atoms with van der Waals surface area (Å²) in [7, 11) is -3.17. The number of hydrogen-bond acceptors (Lipinski definition) is 4. The number of carbonyl (C=O) groups is 1. The van der Waals surface area contributed by atoms with Crippen molar-refractivity contribution in [3.63, 3.8) is 0 Å². The molecule has 1 aliphatic carbocycles. The minimum absolute atomic E-state index is 0. The fraction of sp³-hybridized carbons (Fsp3) is 0.923. The number of halogens is 1. The summed E-state index contributed by atoms with van der Waals surface area (Å²) >= 11 is 0. The highest BCUT2D eigenvalue weighted by atomic mass is 35.5. The van der Waals surface area contributed by atoms with Crippen molar-refractivity contribution in [2.24, 2.45) is 11.7 Å². The summed E-state index contributed by atoms with van der Waals surface area (Å²) in [6.07, 6.45) is 6.61. The van der Waals surface area contributed by atoms with Crippen molar-refractivity contribution in [1.29, 1.82) is 0 Å². The number of likely N-dealkylation sites (tertiary alicyclic amines) is 1. The lowest BCUT2D eigenvalue weighted by molar-refractivity contribution is -0.138. The van der Waals surface area contributed by atoms with Gasteiger partial charge in [0.25, 0.3) is 0 Å². The largest absolute Gasteiger partial charge is 0.341 e. The maximum absolute atomic E-state index is 12.5. The molecule has 0 spiro atoms. The lowest BCUT2D eigenvalue weighted by Crippen LogP contribution is -2.56. The van der Waals surface area contributed by atoms with Gasteiger partial charge >= 0.3 is 0 Å². The van der Waals surface area contributed by atoms with Gasteiger partial charge in [-0.1, -0.05) is 12.8 Å². The Morgan fingerprint density at radius 3 is 2.52 bits per heavy atom. The molecule has 6 nitrogen and oxygen atoms in total. The second-order valence-corrected chi connectivity index (χ2v) is 8.08. The smallest absolute Gasteiger partial charge is 0.242 e. The van der Waals surface area contributed by atoms with E-state index in [0.717, 1.165) is 51.3 Å². The maximum Gasteiger partial charge on any atom is 0.242 e. The minimum Gasteiger partial charge on any atom is -0.341 e. The molecule has 1 amide bonds. The Balaban J connectivity index is 0.00000220. The van der Waals surface area contributed by atoms with E-state index in [9.17, 15) is 13.2 Å². The van der Waals surface area contributed by atoms with Crippen LogP contribution in [0.25, 0.3) is 0 Å². The fourth-order valence-corrected chi connectivity index (χ4v) is 3.76. The SMILES string of the molecule is CS(=O)(=O)NCC1CCCN(C(=O)C2(N)CCCC2)C1.Cl. The molecule has 0 aromatic carbocycles. The highest BCUT2D eigenvalue weighted by Crippen LogP contribution is 2.30. The molecule has 1 atom stereocenters. The Kier molecular flexibility index (Phi) is 6.46. The number of carbonyl (C=O) groups excluding carboxylic acids is 1. The van der Waals surface area contributed by atoms with Gasteiger partial charge in [0.2, 0.25) is 15.9 Å². The second kappa shape index (κ2) is 7.26. The molecule has 2 rings (SSSR count). The van der Waals surface area contributed by atoms with Crippen molar-refractivity contribution < 1.29 is 13.2 Å². The number of amides is 1. The van der Waals surface area contributed by atoms with Crippen molar-refractivity contribution in [2.45, 2.75) is 44.1 Å². The van der Waals surface area contributed by atoms with Crippen LogP contribution in [0.3, 0.4) is 0 Å². The molecule has 1 heterocycles. The molecule has 21 heavy (non-hydrogen) atoms. The van der Waals surface area contributed by atoms with Crippen LogP contribution >= 0.6 is 12.4 Å². The van der Waals surface area contributed by atoms with Crippen LogP contribution in [0.15, 0.2) is 0 Å². The molecule has 3 N–H and O–H groups in total. The highest BCUT2D eigenvalue weighted by molar-refractivity contribution is 7.88. The van der Waals surface area contributed by atoms with Gasteiger partial charge in [-0.2, -0.15) is 0 Å². The van der Waals surface area contributed by atoms with Gasteiger partial charge in [-0.05, 0) is 31.6 Å². The van der Waals surface area contributed by atoms with Crippen molar-refractivity contribution in [1.82, 2.24) is 9.62 Å². The third-order valence-electron chi connectivity index (χ3n) is 4.36. The van der Waals surface area contributed by atoms with Gasteiger partial charge in [-0.3, -0.25) is 4.79 Å². The summed E-state index contributed by atoms with van der Waals surface area (Å²) in [4.78, 5) is 14.4. The minimum atomic E-state index is -3.17. The van der Waals surface area contributed by atoms with Crippen LogP contribution in [-0.2, 0) is 14.8 Å². The molecule has 1 saturated heterocycles. The number of hydrogen-bond donors (Lipinski definition) is 2. The predicted molar refractivity (Wildman–Crippen MR) is 84.8 cm³/mol. The zero-order valence-corrected chi connectivity index (χ0v) is 14.1. The molecule has 1 unspecified atom stereocenters. The van der Waals surface area contributed by atoms with E-state index in [4.69, 9.17) is 5.73 Å². The Hall–Kier alpha value is -0.370. The standard InChI is InChI=1S/C13H25N3O3S.ClH/c1-20(18,19)15-9-11-5-4-8-16(10-11)12(17)13(14)6-2-3-7-13;/h11,15H,2-10,14H2,1H3;1H. The van der Waals surface area contributed by atoms with Gasteiger partial charge in [-0.25, -0.2) is 13.1 Å². The lowest BCUT2D eigenvalue weighted by Gasteiger charge is -2.37. The van der Waals surface area contributed by atoms with E-state index >= 15 is 0 Å². The molecule has 8 heteroatoms. The van der Waals surface area contributed by atoms with Crippen molar-refractivity contribution in [2.75, 3.05) is 25.9 Å². The van der Waals surface area contributed by atoms with Crippen LogP contribution in [0, 0.1) is 5.92 Å². The van der Waals surface area contributed by atoms with E-state index in [-0.39, 0.29) is 24.2 Å². The number of piperidine rings is 1. The third kappa shape index (κ3) is 5.09. The molecular formula is C13H26ClN3O3S. The summed E-state index contributed by atoms with van der Waals surface area (Å²) in [5, 5.41) is 0. The zero-order valence-electron chi connectivity index (χ0n) is 12.5. The Labute approximate surface area is 133 Å². The molecular weight excluding hydrogens is 314 g/mol. The van der Waals surface area contributed by atoms with E-state index in [1.807, 2.05) is 4.90 Å². The quantitative estimate of drug-likeness (QED) is 0.778. The van der Waals surface area contributed by atoms with Gasteiger partial charge < -0.3 is 10.6 Å². The summed E-state index contributed by atoms with van der Waals surface area (Å²) in [5.41, 5.74) is 5.54. The fourth-order valence-electron chi connectivity index (χ4n) is 3.22. The molecule has 1 aliphatic heterocycles. The summed E-state index contributed by atoms with van der Waals surface area (Å²) in [6.45, 7) is 1.76. The van der Waals surface area contributed by atoms with Crippen molar-refractivity contribution in [3.8, 4) is 0 Å². The van der Waals surface area contributed by atoms with Gasteiger partial charge in [-0.15, -0.1) is 12.4 Å². The number of rotatable bonds is 4. The van der Waals surface area contributed by atoms with E-state index in [2.05, 4.69) is 4.72 Å². The van der Waals surface area contributed by atoms with Crippen LogP contribution in [0.1, 0.15) is 38.5 Å². The average Bonchev–Trinajstić information content (AvgIpc) is 2.83. The molecule has 0 radical (unpaired) electrons. The van der Waals surface area contributed by atoms with Gasteiger partial charge in [0.05, 0.1) is 11.8 Å². The molecule has 2 aliphatic rings. The number of nitrogens with two attached hydrogens (primary N) is 1. The van der Waals surface area contributed by atoms with Gasteiger partial charge in [0, 0.05) is 19.6 Å². The maximum atomic E-state index is 12.5. The van der Waals surface area contributed by atoms with Crippen molar-refractivity contribution in [3.05, 3.63) is 0 Å². The first-order chi connectivity index (χ1) is 9.30. The van der Waals surface area contributed by atoms with E-state index < -0.39 is 15.6 Å². The average molecular weight is 340 g/mol. The predicted octanol–water partition coefficient (Wildman–Crippen LogP) is 0.468. The number of sulfonamides is 1. The summed E-state index contributed by atoms with van der Waals surface area (Å²) < 4.78 is 24.8. The molecule has 0 aromatic rings.